The number of aromatic nitrogens is 2. The van der Waals surface area contributed by atoms with Crippen molar-refractivity contribution in [1.29, 1.82) is 0 Å². The van der Waals surface area contributed by atoms with E-state index in [2.05, 4.69) is 27.2 Å². The first-order valence-corrected chi connectivity index (χ1v) is 9.63. The fourth-order valence-electron chi connectivity index (χ4n) is 2.99. The van der Waals surface area contributed by atoms with Gasteiger partial charge in [-0.15, -0.1) is 0 Å². The van der Waals surface area contributed by atoms with Gasteiger partial charge in [0, 0.05) is 22.0 Å². The minimum absolute atomic E-state index is 0.0321. The standard InChI is InChI=1S/C19H22Cl2N4O2/c1-25-7-5-13(6-8-25)9-18(26)24-17-10-23-19(11-22-17)27-12-14-15(20)3-2-4-16(14)21/h2-4,10-11,13H,5-9,12H2,1H3,(H,22,24,26). The van der Waals surface area contributed by atoms with Crippen LogP contribution < -0.4 is 10.1 Å². The number of ether oxygens (including phenoxy) is 1. The molecule has 1 N–H and O–H groups in total. The zero-order chi connectivity index (χ0) is 19.2. The Labute approximate surface area is 168 Å². The van der Waals surface area contributed by atoms with Crippen LogP contribution in [-0.4, -0.2) is 40.9 Å². The highest BCUT2D eigenvalue weighted by Gasteiger charge is 2.19. The molecular weight excluding hydrogens is 387 g/mol. The number of halogens is 2. The van der Waals surface area contributed by atoms with Gasteiger partial charge in [0.2, 0.25) is 11.8 Å². The summed E-state index contributed by atoms with van der Waals surface area (Å²) in [5.41, 5.74) is 0.693. The maximum Gasteiger partial charge on any atom is 0.232 e. The van der Waals surface area contributed by atoms with Gasteiger partial charge in [0.1, 0.15) is 6.61 Å². The summed E-state index contributed by atoms with van der Waals surface area (Å²) in [6.07, 6.45) is 5.56. The van der Waals surface area contributed by atoms with Crippen molar-refractivity contribution in [2.45, 2.75) is 25.9 Å². The molecule has 0 saturated carbocycles. The van der Waals surface area contributed by atoms with E-state index in [4.69, 9.17) is 27.9 Å². The van der Waals surface area contributed by atoms with Crippen molar-refractivity contribution in [2.75, 3.05) is 25.5 Å². The molecular formula is C19H22Cl2N4O2. The summed E-state index contributed by atoms with van der Waals surface area (Å²) in [6.45, 7) is 2.27. The lowest BCUT2D eigenvalue weighted by Crippen LogP contribution is -2.32. The molecule has 0 atom stereocenters. The second kappa shape index (κ2) is 9.35. The third-order valence-electron chi connectivity index (χ3n) is 4.63. The smallest absolute Gasteiger partial charge is 0.232 e. The first kappa shape index (κ1) is 19.9. The lowest BCUT2D eigenvalue weighted by molar-refractivity contribution is -0.117. The number of anilines is 1. The van der Waals surface area contributed by atoms with Crippen molar-refractivity contribution in [1.82, 2.24) is 14.9 Å². The average molecular weight is 409 g/mol. The molecule has 6 nitrogen and oxygen atoms in total. The Hall–Kier alpha value is -1.89. The SMILES string of the molecule is CN1CCC(CC(=O)Nc2cnc(OCc3c(Cl)cccc3Cl)cn2)CC1. The topological polar surface area (TPSA) is 67.4 Å². The maximum absolute atomic E-state index is 12.2. The molecule has 1 aliphatic heterocycles. The predicted molar refractivity (Wildman–Crippen MR) is 106 cm³/mol. The van der Waals surface area contributed by atoms with Crippen LogP contribution >= 0.6 is 23.2 Å². The number of hydrogen-bond acceptors (Lipinski definition) is 5. The number of rotatable bonds is 6. The maximum atomic E-state index is 12.2. The number of benzene rings is 1. The first-order valence-electron chi connectivity index (χ1n) is 8.87. The minimum Gasteiger partial charge on any atom is -0.472 e. The van der Waals surface area contributed by atoms with Gasteiger partial charge in [-0.3, -0.25) is 4.79 Å². The quantitative estimate of drug-likeness (QED) is 0.780. The highest BCUT2D eigenvalue weighted by molar-refractivity contribution is 6.35. The molecule has 1 aliphatic rings. The summed E-state index contributed by atoms with van der Waals surface area (Å²) in [7, 11) is 2.11. The van der Waals surface area contributed by atoms with E-state index >= 15 is 0 Å². The number of hydrogen-bond donors (Lipinski definition) is 1. The minimum atomic E-state index is -0.0321. The molecule has 3 rings (SSSR count). The predicted octanol–water partition coefficient (Wildman–Crippen LogP) is 4.03. The van der Waals surface area contributed by atoms with Crippen LogP contribution in [0.3, 0.4) is 0 Å². The molecule has 2 heterocycles. The molecule has 0 radical (unpaired) electrons. The van der Waals surface area contributed by atoms with Gasteiger partial charge in [-0.25, -0.2) is 9.97 Å². The van der Waals surface area contributed by atoms with E-state index in [9.17, 15) is 4.79 Å². The summed E-state index contributed by atoms with van der Waals surface area (Å²) >= 11 is 12.2. The van der Waals surface area contributed by atoms with Gasteiger partial charge >= 0.3 is 0 Å². The molecule has 1 amide bonds. The van der Waals surface area contributed by atoms with Crippen molar-refractivity contribution < 1.29 is 9.53 Å². The van der Waals surface area contributed by atoms with Crippen molar-refractivity contribution in [3.63, 3.8) is 0 Å². The molecule has 27 heavy (non-hydrogen) atoms. The fraction of sp³-hybridized carbons (Fsp3) is 0.421. The number of carbonyl (C=O) groups excluding carboxylic acids is 1. The third kappa shape index (κ3) is 5.79. The van der Waals surface area contributed by atoms with Crippen LogP contribution in [0, 0.1) is 5.92 Å². The summed E-state index contributed by atoms with van der Waals surface area (Å²) in [6, 6.07) is 5.28. The molecule has 2 aromatic rings. The van der Waals surface area contributed by atoms with E-state index in [1.165, 1.54) is 12.4 Å². The molecule has 8 heteroatoms. The van der Waals surface area contributed by atoms with E-state index in [1.807, 2.05) is 0 Å². The summed E-state index contributed by atoms with van der Waals surface area (Å²) < 4.78 is 5.59. The van der Waals surface area contributed by atoms with Crippen LogP contribution in [0.4, 0.5) is 5.82 Å². The molecule has 0 bridgehead atoms. The van der Waals surface area contributed by atoms with Crippen molar-refractivity contribution in [3.8, 4) is 5.88 Å². The molecule has 144 valence electrons. The van der Waals surface area contributed by atoms with E-state index in [-0.39, 0.29) is 12.5 Å². The van der Waals surface area contributed by atoms with Gasteiger partial charge < -0.3 is 15.0 Å². The van der Waals surface area contributed by atoms with Crippen molar-refractivity contribution in [2.24, 2.45) is 5.92 Å². The Bertz CT molecular complexity index is 758. The van der Waals surface area contributed by atoms with E-state index < -0.39 is 0 Å². The van der Waals surface area contributed by atoms with Crippen LogP contribution in [0.5, 0.6) is 5.88 Å². The van der Waals surface area contributed by atoms with Gasteiger partial charge in [0.15, 0.2) is 5.82 Å². The molecule has 0 aliphatic carbocycles. The van der Waals surface area contributed by atoms with Gasteiger partial charge in [-0.1, -0.05) is 29.3 Å². The zero-order valence-electron chi connectivity index (χ0n) is 15.1. The Morgan fingerprint density at radius 1 is 1.22 bits per heavy atom. The summed E-state index contributed by atoms with van der Waals surface area (Å²) in [5.74, 6) is 1.14. The normalized spacial score (nSPS) is 15.5. The van der Waals surface area contributed by atoms with Crippen LogP contribution in [0.25, 0.3) is 0 Å². The van der Waals surface area contributed by atoms with E-state index in [0.29, 0.717) is 39.6 Å². The van der Waals surface area contributed by atoms with Gasteiger partial charge in [0.25, 0.3) is 0 Å². The van der Waals surface area contributed by atoms with Crippen molar-refractivity contribution >= 4 is 34.9 Å². The van der Waals surface area contributed by atoms with Gasteiger partial charge in [0.05, 0.1) is 12.4 Å². The summed E-state index contributed by atoms with van der Waals surface area (Å²) in [5, 5.41) is 3.87. The lowest BCUT2D eigenvalue weighted by Gasteiger charge is -2.28. The van der Waals surface area contributed by atoms with E-state index in [1.54, 1.807) is 18.2 Å². The number of nitrogens with zero attached hydrogens (tertiary/aromatic N) is 3. The Morgan fingerprint density at radius 2 is 1.93 bits per heavy atom. The average Bonchev–Trinajstić information content (AvgIpc) is 2.64. The van der Waals surface area contributed by atoms with Crippen LogP contribution in [0.15, 0.2) is 30.6 Å². The molecule has 1 fully saturated rings. The number of carbonyl (C=O) groups is 1. The molecule has 0 unspecified atom stereocenters. The molecule has 1 saturated heterocycles. The van der Waals surface area contributed by atoms with Gasteiger partial charge in [-0.05, 0) is 51.0 Å². The van der Waals surface area contributed by atoms with Crippen molar-refractivity contribution in [3.05, 3.63) is 46.2 Å². The third-order valence-corrected chi connectivity index (χ3v) is 5.34. The molecule has 1 aromatic carbocycles. The van der Waals surface area contributed by atoms with Crippen LogP contribution in [0.2, 0.25) is 10.0 Å². The highest BCUT2D eigenvalue weighted by Crippen LogP contribution is 2.25. The Kier molecular flexibility index (Phi) is 6.88. The highest BCUT2D eigenvalue weighted by atomic mass is 35.5. The fourth-order valence-corrected chi connectivity index (χ4v) is 3.50. The van der Waals surface area contributed by atoms with Crippen LogP contribution in [-0.2, 0) is 11.4 Å². The van der Waals surface area contributed by atoms with Gasteiger partial charge in [-0.2, -0.15) is 0 Å². The monoisotopic (exact) mass is 408 g/mol. The number of nitrogens with one attached hydrogen (secondary N) is 1. The number of likely N-dealkylation sites (tertiary alicyclic amines) is 1. The zero-order valence-corrected chi connectivity index (χ0v) is 16.6. The van der Waals surface area contributed by atoms with Crippen LogP contribution in [0.1, 0.15) is 24.8 Å². The summed E-state index contributed by atoms with van der Waals surface area (Å²) in [4.78, 5) is 22.8. The number of piperidine rings is 1. The largest absolute Gasteiger partial charge is 0.472 e. The number of amides is 1. The Morgan fingerprint density at radius 3 is 2.56 bits per heavy atom. The molecule has 1 aromatic heterocycles. The molecule has 0 spiro atoms. The second-order valence-electron chi connectivity index (χ2n) is 6.73. The first-order chi connectivity index (χ1) is 13.0. The second-order valence-corrected chi connectivity index (χ2v) is 7.54. The Balaban J connectivity index is 1.49. The van der Waals surface area contributed by atoms with E-state index in [0.717, 1.165) is 25.9 Å². The lowest BCUT2D eigenvalue weighted by atomic mass is 9.93.